The zero-order chi connectivity index (χ0) is 22.5. The summed E-state index contributed by atoms with van der Waals surface area (Å²) in [6.45, 7) is 4.44. The van der Waals surface area contributed by atoms with E-state index in [4.69, 9.17) is 11.6 Å². The van der Waals surface area contributed by atoms with Gasteiger partial charge in [0.25, 0.3) is 5.91 Å². The maximum atomic E-state index is 13.4. The lowest BCUT2D eigenvalue weighted by Gasteiger charge is -2.11. The standard InChI is InChI=1S/C27H24ClN3O/c1-19-26(20(2)31(30-19)18-22-12-9-15-24(28)16-22)29-27(32)25(23-13-7-4-8-14-23)17-21-10-5-3-6-11-21/h3-17H,18H2,1-2H3,(H,29,32)/b25-17-. The number of aryl methyl sites for hydroxylation is 1. The van der Waals surface area contributed by atoms with Crippen LogP contribution in [0.1, 0.15) is 28.1 Å². The van der Waals surface area contributed by atoms with Crippen molar-refractivity contribution in [2.75, 3.05) is 5.32 Å². The van der Waals surface area contributed by atoms with Gasteiger partial charge in [-0.05, 0) is 48.7 Å². The van der Waals surface area contributed by atoms with Crippen LogP contribution in [0.25, 0.3) is 11.6 Å². The van der Waals surface area contributed by atoms with Crippen molar-refractivity contribution in [1.82, 2.24) is 9.78 Å². The molecule has 5 heteroatoms. The second kappa shape index (κ2) is 9.67. The number of anilines is 1. The van der Waals surface area contributed by atoms with Gasteiger partial charge in [0, 0.05) is 10.6 Å². The monoisotopic (exact) mass is 441 g/mol. The molecular formula is C27H24ClN3O. The van der Waals surface area contributed by atoms with Gasteiger partial charge in [0.2, 0.25) is 0 Å². The third-order valence-corrected chi connectivity index (χ3v) is 5.52. The molecule has 0 saturated carbocycles. The quantitative estimate of drug-likeness (QED) is 0.278. The number of benzene rings is 3. The fourth-order valence-corrected chi connectivity index (χ4v) is 3.85. The lowest BCUT2D eigenvalue weighted by Crippen LogP contribution is -2.15. The number of carbonyl (C=O) groups is 1. The number of halogens is 1. The SMILES string of the molecule is Cc1nn(Cc2cccc(Cl)c2)c(C)c1NC(=O)/C(=C\c1ccccc1)c1ccccc1. The zero-order valence-electron chi connectivity index (χ0n) is 18.0. The lowest BCUT2D eigenvalue weighted by atomic mass is 10.0. The Morgan fingerprint density at radius 2 is 1.66 bits per heavy atom. The van der Waals surface area contributed by atoms with Gasteiger partial charge < -0.3 is 5.32 Å². The number of nitrogens with zero attached hydrogens (tertiary/aromatic N) is 2. The average Bonchev–Trinajstić information content (AvgIpc) is 3.06. The van der Waals surface area contributed by atoms with Gasteiger partial charge in [0.1, 0.15) is 0 Å². The van der Waals surface area contributed by atoms with Gasteiger partial charge in [-0.3, -0.25) is 9.48 Å². The van der Waals surface area contributed by atoms with Crippen molar-refractivity contribution in [2.45, 2.75) is 20.4 Å². The Kier molecular flexibility index (Phi) is 6.52. The maximum Gasteiger partial charge on any atom is 0.256 e. The average molecular weight is 442 g/mol. The fraction of sp³-hybridized carbons (Fsp3) is 0.111. The van der Waals surface area contributed by atoms with E-state index >= 15 is 0 Å². The minimum Gasteiger partial charge on any atom is -0.319 e. The molecule has 32 heavy (non-hydrogen) atoms. The smallest absolute Gasteiger partial charge is 0.256 e. The van der Waals surface area contributed by atoms with E-state index in [0.29, 0.717) is 17.1 Å². The fourth-order valence-electron chi connectivity index (χ4n) is 3.63. The molecular weight excluding hydrogens is 418 g/mol. The van der Waals surface area contributed by atoms with Gasteiger partial charge in [-0.1, -0.05) is 84.4 Å². The van der Waals surface area contributed by atoms with Crippen molar-refractivity contribution in [3.05, 3.63) is 118 Å². The summed E-state index contributed by atoms with van der Waals surface area (Å²) in [4.78, 5) is 13.4. The van der Waals surface area contributed by atoms with Crippen LogP contribution < -0.4 is 5.32 Å². The van der Waals surface area contributed by atoms with Crippen molar-refractivity contribution in [3.8, 4) is 0 Å². The molecule has 0 atom stereocenters. The first-order chi connectivity index (χ1) is 15.5. The molecule has 160 valence electrons. The second-order valence-electron chi connectivity index (χ2n) is 7.62. The van der Waals surface area contributed by atoms with Gasteiger partial charge in [0.05, 0.1) is 23.6 Å². The van der Waals surface area contributed by atoms with Gasteiger partial charge in [-0.15, -0.1) is 0 Å². The first-order valence-corrected chi connectivity index (χ1v) is 10.8. The van der Waals surface area contributed by atoms with E-state index in [-0.39, 0.29) is 5.91 Å². The largest absolute Gasteiger partial charge is 0.319 e. The van der Waals surface area contributed by atoms with Crippen LogP contribution in [0.2, 0.25) is 5.02 Å². The van der Waals surface area contributed by atoms with Crippen LogP contribution in [-0.2, 0) is 11.3 Å². The molecule has 0 spiro atoms. The predicted octanol–water partition coefficient (Wildman–Crippen LogP) is 6.38. The maximum absolute atomic E-state index is 13.4. The summed E-state index contributed by atoms with van der Waals surface area (Å²) in [6, 6.07) is 27.2. The Balaban J connectivity index is 1.64. The van der Waals surface area contributed by atoms with Crippen molar-refractivity contribution >= 4 is 34.8 Å². The third-order valence-electron chi connectivity index (χ3n) is 5.28. The Hall–Kier alpha value is -3.63. The Morgan fingerprint density at radius 1 is 0.969 bits per heavy atom. The van der Waals surface area contributed by atoms with Crippen molar-refractivity contribution in [2.24, 2.45) is 0 Å². The van der Waals surface area contributed by atoms with E-state index in [2.05, 4.69) is 10.4 Å². The minimum absolute atomic E-state index is 0.173. The number of carbonyl (C=O) groups excluding carboxylic acids is 1. The summed E-state index contributed by atoms with van der Waals surface area (Å²) in [5.41, 5.74) is 5.86. The number of aromatic nitrogens is 2. The number of hydrogen-bond acceptors (Lipinski definition) is 2. The molecule has 3 aromatic carbocycles. The third kappa shape index (κ3) is 4.98. The molecule has 0 saturated heterocycles. The van der Waals surface area contributed by atoms with E-state index in [1.165, 1.54) is 0 Å². The Morgan fingerprint density at radius 3 is 2.34 bits per heavy atom. The Labute approximate surface area is 193 Å². The normalized spacial score (nSPS) is 11.4. The van der Waals surface area contributed by atoms with Crippen LogP contribution in [0.4, 0.5) is 5.69 Å². The van der Waals surface area contributed by atoms with E-state index in [9.17, 15) is 4.79 Å². The molecule has 4 rings (SSSR count). The summed E-state index contributed by atoms with van der Waals surface area (Å²) in [5.74, 6) is -0.173. The number of hydrogen-bond donors (Lipinski definition) is 1. The molecule has 0 fully saturated rings. The lowest BCUT2D eigenvalue weighted by molar-refractivity contribution is -0.111. The molecule has 0 aliphatic carbocycles. The summed E-state index contributed by atoms with van der Waals surface area (Å²) in [5, 5.41) is 8.43. The first-order valence-electron chi connectivity index (χ1n) is 10.4. The number of nitrogens with one attached hydrogen (secondary N) is 1. The minimum atomic E-state index is -0.173. The summed E-state index contributed by atoms with van der Waals surface area (Å²) in [7, 11) is 0. The topological polar surface area (TPSA) is 46.9 Å². The van der Waals surface area contributed by atoms with Gasteiger partial charge in [0.15, 0.2) is 0 Å². The zero-order valence-corrected chi connectivity index (χ0v) is 18.8. The van der Waals surface area contributed by atoms with Crippen LogP contribution in [0, 0.1) is 13.8 Å². The van der Waals surface area contributed by atoms with E-state index in [1.807, 2.05) is 110 Å². The molecule has 4 aromatic rings. The highest BCUT2D eigenvalue weighted by Crippen LogP contribution is 2.25. The van der Waals surface area contributed by atoms with Crippen LogP contribution in [0.3, 0.4) is 0 Å². The molecule has 0 aliphatic heterocycles. The highest BCUT2D eigenvalue weighted by molar-refractivity contribution is 6.30. The molecule has 1 N–H and O–H groups in total. The van der Waals surface area contributed by atoms with Crippen LogP contribution in [-0.4, -0.2) is 15.7 Å². The van der Waals surface area contributed by atoms with Crippen molar-refractivity contribution in [3.63, 3.8) is 0 Å². The summed E-state index contributed by atoms with van der Waals surface area (Å²) < 4.78 is 1.89. The molecule has 1 heterocycles. The molecule has 0 aliphatic rings. The molecule has 1 amide bonds. The van der Waals surface area contributed by atoms with Crippen molar-refractivity contribution < 1.29 is 4.79 Å². The second-order valence-corrected chi connectivity index (χ2v) is 8.06. The van der Waals surface area contributed by atoms with Gasteiger partial charge in [-0.25, -0.2) is 0 Å². The summed E-state index contributed by atoms with van der Waals surface area (Å²) in [6.07, 6.45) is 1.91. The molecule has 4 nitrogen and oxygen atoms in total. The Bertz CT molecular complexity index is 1260. The van der Waals surface area contributed by atoms with Crippen LogP contribution in [0.15, 0.2) is 84.9 Å². The highest BCUT2D eigenvalue weighted by atomic mass is 35.5. The van der Waals surface area contributed by atoms with E-state index in [0.717, 1.165) is 33.8 Å². The molecule has 0 unspecified atom stereocenters. The van der Waals surface area contributed by atoms with Gasteiger partial charge in [-0.2, -0.15) is 5.10 Å². The number of amides is 1. The van der Waals surface area contributed by atoms with Gasteiger partial charge >= 0.3 is 0 Å². The van der Waals surface area contributed by atoms with E-state index in [1.54, 1.807) is 0 Å². The number of rotatable bonds is 6. The van der Waals surface area contributed by atoms with Crippen LogP contribution >= 0.6 is 11.6 Å². The molecule has 0 radical (unpaired) electrons. The van der Waals surface area contributed by atoms with Crippen LogP contribution in [0.5, 0.6) is 0 Å². The predicted molar refractivity (Wildman–Crippen MR) is 132 cm³/mol. The molecule has 1 aromatic heterocycles. The van der Waals surface area contributed by atoms with E-state index < -0.39 is 0 Å². The first kappa shape index (κ1) is 21.6. The molecule has 0 bridgehead atoms. The summed E-state index contributed by atoms with van der Waals surface area (Å²) >= 11 is 6.12. The van der Waals surface area contributed by atoms with Crippen molar-refractivity contribution in [1.29, 1.82) is 0 Å². The highest BCUT2D eigenvalue weighted by Gasteiger charge is 2.18.